The van der Waals surface area contributed by atoms with Gasteiger partial charge in [-0.05, 0) is 31.0 Å². The molecule has 5 heteroatoms. The van der Waals surface area contributed by atoms with Gasteiger partial charge in [0.2, 0.25) is 0 Å². The molecule has 0 aromatic carbocycles. The standard InChI is InChI=1S/C13H15NO4/c1-3-18-11(15)6-4-5-10-7-9(2)12(13(16)17)14-8-10/h4-5,7-8H,3,6H2,1-2H3,(H,16,17). The summed E-state index contributed by atoms with van der Waals surface area (Å²) in [6, 6.07) is 1.71. The number of carboxylic acid groups (broad SMARTS) is 1. The van der Waals surface area contributed by atoms with E-state index in [2.05, 4.69) is 4.98 Å². The Bertz CT molecular complexity index is 480. The Hall–Kier alpha value is -2.17. The number of rotatable bonds is 5. The molecular formula is C13H15NO4. The van der Waals surface area contributed by atoms with E-state index in [0.717, 1.165) is 5.56 Å². The summed E-state index contributed by atoms with van der Waals surface area (Å²) in [7, 11) is 0. The first kappa shape index (κ1) is 13.9. The minimum atomic E-state index is -1.05. The summed E-state index contributed by atoms with van der Waals surface area (Å²) in [5, 5.41) is 8.82. The first-order valence-corrected chi connectivity index (χ1v) is 5.56. The molecule has 0 bridgehead atoms. The molecule has 18 heavy (non-hydrogen) atoms. The lowest BCUT2D eigenvalue weighted by atomic mass is 10.1. The maximum atomic E-state index is 11.1. The summed E-state index contributed by atoms with van der Waals surface area (Å²) in [4.78, 5) is 25.7. The smallest absolute Gasteiger partial charge is 0.354 e. The molecule has 0 spiro atoms. The number of aromatic carboxylic acids is 1. The second-order valence-electron chi connectivity index (χ2n) is 3.65. The largest absolute Gasteiger partial charge is 0.477 e. The summed E-state index contributed by atoms with van der Waals surface area (Å²) in [5.41, 5.74) is 1.38. The third-order valence-corrected chi connectivity index (χ3v) is 2.20. The molecule has 1 rings (SSSR count). The zero-order chi connectivity index (χ0) is 13.5. The molecule has 0 fully saturated rings. The second-order valence-corrected chi connectivity index (χ2v) is 3.65. The number of pyridine rings is 1. The van der Waals surface area contributed by atoms with Crippen LogP contribution < -0.4 is 0 Å². The highest BCUT2D eigenvalue weighted by atomic mass is 16.5. The average molecular weight is 249 g/mol. The molecule has 96 valence electrons. The van der Waals surface area contributed by atoms with Gasteiger partial charge in [0.15, 0.2) is 5.69 Å². The molecule has 0 saturated carbocycles. The molecular weight excluding hydrogens is 234 g/mol. The molecule has 0 aliphatic heterocycles. The van der Waals surface area contributed by atoms with Crippen LogP contribution in [0.5, 0.6) is 0 Å². The number of hydrogen-bond acceptors (Lipinski definition) is 4. The van der Waals surface area contributed by atoms with E-state index in [4.69, 9.17) is 9.84 Å². The molecule has 0 aliphatic carbocycles. The van der Waals surface area contributed by atoms with E-state index in [9.17, 15) is 9.59 Å². The monoisotopic (exact) mass is 249 g/mol. The number of esters is 1. The summed E-state index contributed by atoms with van der Waals surface area (Å²) in [6.45, 7) is 3.79. The predicted octanol–water partition coefficient (Wildman–Crippen LogP) is 2.05. The highest BCUT2D eigenvalue weighted by Crippen LogP contribution is 2.09. The van der Waals surface area contributed by atoms with Crippen molar-refractivity contribution >= 4 is 18.0 Å². The topological polar surface area (TPSA) is 76.5 Å². The lowest BCUT2D eigenvalue weighted by Crippen LogP contribution is -2.03. The van der Waals surface area contributed by atoms with Gasteiger partial charge in [-0.15, -0.1) is 0 Å². The van der Waals surface area contributed by atoms with Gasteiger partial charge in [-0.2, -0.15) is 0 Å². The van der Waals surface area contributed by atoms with E-state index < -0.39 is 5.97 Å². The van der Waals surface area contributed by atoms with Crippen molar-refractivity contribution in [3.63, 3.8) is 0 Å². The number of carbonyl (C=O) groups excluding carboxylic acids is 1. The number of ether oxygens (including phenoxy) is 1. The number of hydrogen-bond donors (Lipinski definition) is 1. The SMILES string of the molecule is CCOC(=O)CC=Cc1cnc(C(=O)O)c(C)c1. The van der Waals surface area contributed by atoms with Crippen molar-refractivity contribution < 1.29 is 19.4 Å². The highest BCUT2D eigenvalue weighted by molar-refractivity contribution is 5.87. The van der Waals surface area contributed by atoms with Gasteiger partial charge in [-0.1, -0.05) is 12.2 Å². The van der Waals surface area contributed by atoms with Crippen LogP contribution in [-0.2, 0) is 9.53 Å². The highest BCUT2D eigenvalue weighted by Gasteiger charge is 2.07. The quantitative estimate of drug-likeness (QED) is 0.808. The van der Waals surface area contributed by atoms with E-state index in [0.29, 0.717) is 12.2 Å². The third-order valence-electron chi connectivity index (χ3n) is 2.20. The van der Waals surface area contributed by atoms with Crippen LogP contribution in [0.1, 0.15) is 35.0 Å². The van der Waals surface area contributed by atoms with Crippen molar-refractivity contribution in [3.8, 4) is 0 Å². The van der Waals surface area contributed by atoms with Crippen LogP contribution in [0.25, 0.3) is 6.08 Å². The van der Waals surface area contributed by atoms with Gasteiger partial charge in [-0.3, -0.25) is 4.79 Å². The van der Waals surface area contributed by atoms with Gasteiger partial charge >= 0.3 is 11.9 Å². The predicted molar refractivity (Wildman–Crippen MR) is 66.2 cm³/mol. The number of aryl methyl sites for hydroxylation is 1. The maximum absolute atomic E-state index is 11.1. The fraction of sp³-hybridized carbons (Fsp3) is 0.308. The Kier molecular flexibility index (Phi) is 5.05. The van der Waals surface area contributed by atoms with Crippen molar-refractivity contribution in [3.05, 3.63) is 35.2 Å². The molecule has 0 unspecified atom stereocenters. The Morgan fingerprint density at radius 3 is 2.78 bits per heavy atom. The minimum absolute atomic E-state index is 0.0394. The van der Waals surface area contributed by atoms with Crippen LogP contribution in [0.3, 0.4) is 0 Å². The molecule has 0 atom stereocenters. The van der Waals surface area contributed by atoms with E-state index in [1.807, 2.05) is 0 Å². The molecule has 1 aromatic rings. The van der Waals surface area contributed by atoms with E-state index in [1.165, 1.54) is 6.20 Å². The van der Waals surface area contributed by atoms with Gasteiger partial charge in [0.05, 0.1) is 13.0 Å². The number of carboxylic acids is 1. The first-order valence-electron chi connectivity index (χ1n) is 5.56. The van der Waals surface area contributed by atoms with Crippen molar-refractivity contribution in [2.45, 2.75) is 20.3 Å². The van der Waals surface area contributed by atoms with Crippen LogP contribution in [0, 0.1) is 6.92 Å². The lowest BCUT2D eigenvalue weighted by molar-refractivity contribution is -0.142. The molecule has 1 heterocycles. The minimum Gasteiger partial charge on any atom is -0.477 e. The van der Waals surface area contributed by atoms with Gasteiger partial charge < -0.3 is 9.84 Å². The van der Waals surface area contributed by atoms with Crippen molar-refractivity contribution in [2.24, 2.45) is 0 Å². The van der Waals surface area contributed by atoms with Gasteiger partial charge in [0.1, 0.15) is 0 Å². The first-order chi connectivity index (χ1) is 8.54. The Morgan fingerprint density at radius 2 is 2.22 bits per heavy atom. The number of aromatic nitrogens is 1. The summed E-state index contributed by atoms with van der Waals surface area (Å²) < 4.78 is 4.77. The normalized spacial score (nSPS) is 10.6. The molecule has 0 aliphatic rings. The number of carbonyl (C=O) groups is 2. The zero-order valence-corrected chi connectivity index (χ0v) is 10.3. The van der Waals surface area contributed by atoms with Crippen molar-refractivity contribution in [1.29, 1.82) is 0 Å². The molecule has 5 nitrogen and oxygen atoms in total. The summed E-state index contributed by atoms with van der Waals surface area (Å²) in [5.74, 6) is -1.34. The van der Waals surface area contributed by atoms with E-state index in [1.54, 1.807) is 32.1 Å². The fourth-order valence-corrected chi connectivity index (χ4v) is 1.42. The summed E-state index contributed by atoms with van der Waals surface area (Å²) >= 11 is 0. The molecule has 1 aromatic heterocycles. The molecule has 0 amide bonds. The van der Waals surface area contributed by atoms with Crippen molar-refractivity contribution in [2.75, 3.05) is 6.61 Å². The van der Waals surface area contributed by atoms with Crippen LogP contribution >= 0.6 is 0 Å². The van der Waals surface area contributed by atoms with E-state index >= 15 is 0 Å². The van der Waals surface area contributed by atoms with Gasteiger partial charge in [-0.25, -0.2) is 9.78 Å². The third kappa shape index (κ3) is 4.01. The maximum Gasteiger partial charge on any atom is 0.354 e. The fourth-order valence-electron chi connectivity index (χ4n) is 1.42. The molecule has 0 saturated heterocycles. The Morgan fingerprint density at radius 1 is 1.50 bits per heavy atom. The van der Waals surface area contributed by atoms with Gasteiger partial charge in [0, 0.05) is 6.20 Å². The Balaban J connectivity index is 2.69. The van der Waals surface area contributed by atoms with Crippen LogP contribution in [0.4, 0.5) is 0 Å². The molecule has 1 N–H and O–H groups in total. The Labute approximate surface area is 105 Å². The van der Waals surface area contributed by atoms with Crippen LogP contribution in [0.15, 0.2) is 18.3 Å². The van der Waals surface area contributed by atoms with E-state index in [-0.39, 0.29) is 18.1 Å². The molecule has 0 radical (unpaired) electrons. The lowest BCUT2D eigenvalue weighted by Gasteiger charge is -2.01. The number of nitrogens with zero attached hydrogens (tertiary/aromatic N) is 1. The van der Waals surface area contributed by atoms with Crippen LogP contribution in [0.2, 0.25) is 0 Å². The van der Waals surface area contributed by atoms with Crippen molar-refractivity contribution in [1.82, 2.24) is 4.98 Å². The average Bonchev–Trinajstić information content (AvgIpc) is 2.29. The van der Waals surface area contributed by atoms with Crippen LogP contribution in [-0.4, -0.2) is 28.6 Å². The van der Waals surface area contributed by atoms with Gasteiger partial charge in [0.25, 0.3) is 0 Å². The second kappa shape index (κ2) is 6.54. The summed E-state index contributed by atoms with van der Waals surface area (Å²) in [6.07, 6.45) is 5.02. The zero-order valence-electron chi connectivity index (χ0n) is 10.3.